The zero-order valence-electron chi connectivity index (χ0n) is 14.8. The van der Waals surface area contributed by atoms with Crippen LogP contribution in [0.25, 0.3) is 0 Å². The number of amides is 1. The average Bonchev–Trinajstić information content (AvgIpc) is 3.50. The summed E-state index contributed by atoms with van der Waals surface area (Å²) < 4.78 is 43.4. The van der Waals surface area contributed by atoms with Gasteiger partial charge in [-0.3, -0.25) is 19.7 Å². The number of nitro benzene ring substituents is 1. The van der Waals surface area contributed by atoms with Gasteiger partial charge in [0.25, 0.3) is 11.6 Å². The van der Waals surface area contributed by atoms with Crippen LogP contribution in [0.4, 0.5) is 24.5 Å². The molecule has 2 fully saturated rings. The second kappa shape index (κ2) is 7.64. The van der Waals surface area contributed by atoms with Crippen LogP contribution >= 0.6 is 0 Å². The lowest BCUT2D eigenvalue weighted by atomic mass is 10.1. The van der Waals surface area contributed by atoms with Crippen molar-refractivity contribution in [1.29, 1.82) is 0 Å². The lowest BCUT2D eigenvalue weighted by Crippen LogP contribution is -2.50. The predicted molar refractivity (Wildman–Crippen MR) is 90.6 cm³/mol. The molecule has 1 aromatic rings. The molecule has 0 spiro atoms. The molecular formula is C17H18F3N3O5. The Morgan fingerprint density at radius 1 is 1.18 bits per heavy atom. The van der Waals surface area contributed by atoms with E-state index in [1.54, 1.807) is 4.90 Å². The van der Waals surface area contributed by atoms with Crippen molar-refractivity contribution in [1.82, 2.24) is 4.90 Å². The smallest absolute Gasteiger partial charge is 0.416 e. The highest BCUT2D eigenvalue weighted by Crippen LogP contribution is 2.36. The van der Waals surface area contributed by atoms with Crippen molar-refractivity contribution < 1.29 is 32.4 Å². The first-order valence-corrected chi connectivity index (χ1v) is 8.72. The first-order valence-electron chi connectivity index (χ1n) is 8.72. The van der Waals surface area contributed by atoms with E-state index in [0.29, 0.717) is 6.07 Å². The highest BCUT2D eigenvalue weighted by atomic mass is 19.4. The lowest BCUT2D eigenvalue weighted by molar-refractivity contribution is -0.384. The minimum absolute atomic E-state index is 0.0743. The number of esters is 1. The van der Waals surface area contributed by atoms with Gasteiger partial charge in [0.15, 0.2) is 6.61 Å². The fourth-order valence-corrected chi connectivity index (χ4v) is 2.97. The molecule has 0 bridgehead atoms. The van der Waals surface area contributed by atoms with Crippen molar-refractivity contribution in [2.45, 2.75) is 19.0 Å². The van der Waals surface area contributed by atoms with Crippen molar-refractivity contribution in [2.24, 2.45) is 5.92 Å². The summed E-state index contributed by atoms with van der Waals surface area (Å²) in [5, 5.41) is 11.2. The molecule has 0 atom stereocenters. The van der Waals surface area contributed by atoms with Crippen LogP contribution in [0.2, 0.25) is 0 Å². The van der Waals surface area contributed by atoms with Crippen LogP contribution in [-0.2, 0) is 20.5 Å². The molecule has 0 unspecified atom stereocenters. The minimum Gasteiger partial charge on any atom is -0.455 e. The first kappa shape index (κ1) is 19.9. The molecule has 1 saturated carbocycles. The third kappa shape index (κ3) is 4.52. The number of carbonyl (C=O) groups excluding carboxylic acids is 2. The van der Waals surface area contributed by atoms with Gasteiger partial charge in [0.05, 0.1) is 16.4 Å². The summed E-state index contributed by atoms with van der Waals surface area (Å²) in [4.78, 5) is 37.0. The van der Waals surface area contributed by atoms with Crippen LogP contribution in [0, 0.1) is 16.0 Å². The van der Waals surface area contributed by atoms with Crippen molar-refractivity contribution in [3.63, 3.8) is 0 Å². The van der Waals surface area contributed by atoms with Gasteiger partial charge in [-0.05, 0) is 25.0 Å². The molecule has 2 aliphatic rings. The number of nitrogens with zero attached hydrogens (tertiary/aromatic N) is 3. The molecular weight excluding hydrogens is 383 g/mol. The molecule has 28 heavy (non-hydrogen) atoms. The van der Waals surface area contributed by atoms with Crippen LogP contribution < -0.4 is 4.90 Å². The van der Waals surface area contributed by atoms with E-state index in [4.69, 9.17) is 4.74 Å². The first-order chi connectivity index (χ1) is 13.2. The third-order valence-corrected chi connectivity index (χ3v) is 4.72. The molecule has 0 radical (unpaired) electrons. The predicted octanol–water partition coefficient (Wildman–Crippen LogP) is 2.22. The van der Waals surface area contributed by atoms with Crippen molar-refractivity contribution in [3.05, 3.63) is 33.9 Å². The summed E-state index contributed by atoms with van der Waals surface area (Å²) in [7, 11) is 0. The summed E-state index contributed by atoms with van der Waals surface area (Å²) in [5.41, 5.74) is -1.65. The number of piperazine rings is 1. The van der Waals surface area contributed by atoms with Gasteiger partial charge in [0, 0.05) is 32.2 Å². The molecule has 1 aliphatic heterocycles. The van der Waals surface area contributed by atoms with Crippen molar-refractivity contribution >= 4 is 23.3 Å². The number of anilines is 1. The minimum atomic E-state index is -4.67. The molecule has 1 heterocycles. The third-order valence-electron chi connectivity index (χ3n) is 4.72. The number of alkyl halides is 3. The number of halogens is 3. The maximum absolute atomic E-state index is 12.8. The van der Waals surface area contributed by atoms with Crippen molar-refractivity contribution in [2.75, 3.05) is 37.7 Å². The van der Waals surface area contributed by atoms with Gasteiger partial charge in [0.2, 0.25) is 0 Å². The highest BCUT2D eigenvalue weighted by molar-refractivity contribution is 5.82. The zero-order chi connectivity index (χ0) is 20.5. The van der Waals surface area contributed by atoms with Gasteiger partial charge in [-0.2, -0.15) is 13.2 Å². The second-order valence-corrected chi connectivity index (χ2v) is 6.71. The Kier molecular flexibility index (Phi) is 5.43. The largest absolute Gasteiger partial charge is 0.455 e. The van der Waals surface area contributed by atoms with Crippen LogP contribution in [-0.4, -0.2) is 54.5 Å². The van der Waals surface area contributed by atoms with E-state index in [-0.39, 0.29) is 56.3 Å². The summed E-state index contributed by atoms with van der Waals surface area (Å²) >= 11 is 0. The molecule has 1 saturated heterocycles. The molecule has 3 rings (SSSR count). The van der Waals surface area contributed by atoms with Gasteiger partial charge in [-0.15, -0.1) is 0 Å². The van der Waals surface area contributed by atoms with E-state index in [0.717, 1.165) is 25.0 Å². The molecule has 1 amide bonds. The highest BCUT2D eigenvalue weighted by Gasteiger charge is 2.35. The van der Waals surface area contributed by atoms with E-state index >= 15 is 0 Å². The van der Waals surface area contributed by atoms with Crippen LogP contribution in [0.3, 0.4) is 0 Å². The molecule has 0 aromatic heterocycles. The Labute approximate surface area is 158 Å². The number of hydrogen-bond donors (Lipinski definition) is 0. The Morgan fingerprint density at radius 2 is 1.82 bits per heavy atom. The maximum Gasteiger partial charge on any atom is 0.416 e. The van der Waals surface area contributed by atoms with E-state index in [2.05, 4.69) is 0 Å². The van der Waals surface area contributed by atoms with Gasteiger partial charge in [-0.1, -0.05) is 0 Å². The van der Waals surface area contributed by atoms with Crippen LogP contribution in [0.15, 0.2) is 18.2 Å². The van der Waals surface area contributed by atoms with Gasteiger partial charge >= 0.3 is 12.1 Å². The normalized spacial score (nSPS) is 17.4. The number of carbonyl (C=O) groups is 2. The fourth-order valence-electron chi connectivity index (χ4n) is 2.97. The van der Waals surface area contributed by atoms with E-state index in [1.807, 2.05) is 0 Å². The van der Waals surface area contributed by atoms with Crippen molar-refractivity contribution in [3.8, 4) is 0 Å². The number of ether oxygens (including phenoxy) is 1. The number of rotatable bonds is 5. The Morgan fingerprint density at radius 3 is 2.36 bits per heavy atom. The molecule has 0 N–H and O–H groups in total. The number of hydrogen-bond acceptors (Lipinski definition) is 6. The topological polar surface area (TPSA) is 93.0 Å². The van der Waals surface area contributed by atoms with Gasteiger partial charge in [-0.25, -0.2) is 0 Å². The molecule has 1 aromatic carbocycles. The van der Waals surface area contributed by atoms with Gasteiger partial charge < -0.3 is 14.5 Å². The molecule has 8 nitrogen and oxygen atoms in total. The SMILES string of the molecule is O=C(OCC(=O)N1CCN(c2ccc(C(F)(F)F)cc2[N+](=O)[O-])CC1)C1CC1. The average molecular weight is 401 g/mol. The summed E-state index contributed by atoms with van der Waals surface area (Å²) in [6.45, 7) is 0.523. The molecule has 11 heteroatoms. The van der Waals surface area contributed by atoms with Gasteiger partial charge in [0.1, 0.15) is 5.69 Å². The number of nitro groups is 1. The maximum atomic E-state index is 12.8. The Balaban J connectivity index is 1.61. The lowest BCUT2D eigenvalue weighted by Gasteiger charge is -2.35. The van der Waals surface area contributed by atoms with Crippen LogP contribution in [0.5, 0.6) is 0 Å². The second-order valence-electron chi connectivity index (χ2n) is 6.71. The summed E-state index contributed by atoms with van der Waals surface area (Å²) in [5.74, 6) is -0.854. The summed E-state index contributed by atoms with van der Waals surface area (Å²) in [6.07, 6.45) is -3.12. The molecule has 152 valence electrons. The Bertz CT molecular complexity index is 787. The van der Waals surface area contributed by atoms with E-state index in [1.165, 1.54) is 4.90 Å². The fraction of sp³-hybridized carbons (Fsp3) is 0.529. The summed E-state index contributed by atoms with van der Waals surface area (Å²) in [6, 6.07) is 2.40. The molecule has 1 aliphatic carbocycles. The zero-order valence-corrected chi connectivity index (χ0v) is 14.8. The van der Waals surface area contributed by atoms with E-state index in [9.17, 15) is 32.9 Å². The quantitative estimate of drug-likeness (QED) is 0.427. The standard InChI is InChI=1S/C17H18F3N3O5/c18-17(19,20)12-3-4-13(14(9-12)23(26)27)21-5-7-22(8-6-21)15(24)10-28-16(25)11-1-2-11/h3-4,9,11H,1-2,5-8,10H2. The van der Waals surface area contributed by atoms with E-state index < -0.39 is 22.4 Å². The monoisotopic (exact) mass is 401 g/mol. The van der Waals surface area contributed by atoms with Crippen LogP contribution in [0.1, 0.15) is 18.4 Å². The number of benzene rings is 1. The Hall–Kier alpha value is -2.85.